The maximum atomic E-state index is 13.6. The highest BCUT2D eigenvalue weighted by Crippen LogP contribution is 2.54. The van der Waals surface area contributed by atoms with Crippen molar-refractivity contribution in [2.45, 2.75) is 117 Å². The maximum Gasteiger partial charge on any atom is 0.337 e. The molecule has 1 aliphatic rings. The van der Waals surface area contributed by atoms with Crippen LogP contribution in [0.2, 0.25) is 36.3 Å². The number of hydrogen-bond donors (Lipinski definition) is 0. The monoisotopic (exact) mass is 478 g/mol. The van der Waals surface area contributed by atoms with Gasteiger partial charge in [-0.2, -0.15) is 0 Å². The molecule has 0 amide bonds. The molecule has 1 heterocycles. The van der Waals surface area contributed by atoms with Crippen molar-refractivity contribution < 1.29 is 18.4 Å². The zero-order valence-electron chi connectivity index (χ0n) is 22.9. The molecule has 0 fully saturated rings. The van der Waals surface area contributed by atoms with Crippen molar-refractivity contribution in [2.24, 2.45) is 5.41 Å². The van der Waals surface area contributed by atoms with Crippen LogP contribution < -0.4 is 9.16 Å². The normalized spacial score (nSPS) is 23.8. The van der Waals surface area contributed by atoms with Crippen LogP contribution in [0.5, 0.6) is 11.5 Å². The van der Waals surface area contributed by atoms with Gasteiger partial charge in [0.2, 0.25) is 13.9 Å². The first-order chi connectivity index (χ1) is 14.1. The molecule has 32 heavy (non-hydrogen) atoms. The molecule has 1 aromatic rings. The SMILES string of the molecule is CC1c2cc(O[Si](C)(C)C(C)(C)C)ccc2OC(C)(C(=O)O[Si](C)(C)C(C)(C)C)C1(C)C. The van der Waals surface area contributed by atoms with Gasteiger partial charge in [-0.3, -0.25) is 0 Å². The molecule has 1 aromatic carbocycles. The second-order valence-electron chi connectivity index (χ2n) is 13.3. The Bertz CT molecular complexity index is 875. The van der Waals surface area contributed by atoms with E-state index >= 15 is 0 Å². The molecular weight excluding hydrogens is 432 g/mol. The smallest absolute Gasteiger partial charge is 0.337 e. The van der Waals surface area contributed by atoms with Crippen molar-refractivity contribution >= 4 is 22.6 Å². The van der Waals surface area contributed by atoms with Gasteiger partial charge in [-0.1, -0.05) is 62.3 Å². The van der Waals surface area contributed by atoms with Crippen molar-refractivity contribution in [1.82, 2.24) is 0 Å². The van der Waals surface area contributed by atoms with Gasteiger partial charge in [-0.05, 0) is 67.3 Å². The minimum absolute atomic E-state index is 0.0582. The van der Waals surface area contributed by atoms with Crippen LogP contribution in [0.3, 0.4) is 0 Å². The summed E-state index contributed by atoms with van der Waals surface area (Å²) < 4.78 is 19.3. The second kappa shape index (κ2) is 7.90. The summed E-state index contributed by atoms with van der Waals surface area (Å²) in [7, 11) is -4.22. The molecule has 0 aromatic heterocycles. The first kappa shape index (κ1) is 27.0. The second-order valence-corrected chi connectivity index (χ2v) is 22.7. The highest BCUT2D eigenvalue weighted by molar-refractivity contribution is 6.75. The number of carbonyl (C=O) groups is 1. The van der Waals surface area contributed by atoms with E-state index in [2.05, 4.69) is 94.6 Å². The Morgan fingerprint density at radius 1 is 0.938 bits per heavy atom. The van der Waals surface area contributed by atoms with E-state index in [4.69, 9.17) is 13.6 Å². The van der Waals surface area contributed by atoms with Crippen molar-refractivity contribution in [3.63, 3.8) is 0 Å². The summed E-state index contributed by atoms with van der Waals surface area (Å²) >= 11 is 0. The Labute approximate surface area is 198 Å². The molecule has 4 nitrogen and oxygen atoms in total. The third-order valence-electron chi connectivity index (χ3n) is 8.80. The number of hydrogen-bond acceptors (Lipinski definition) is 4. The summed E-state index contributed by atoms with van der Waals surface area (Å²) in [6.07, 6.45) is 0. The van der Waals surface area contributed by atoms with Crippen LogP contribution in [-0.4, -0.2) is 28.2 Å². The summed E-state index contributed by atoms with van der Waals surface area (Å²) in [5, 5.41) is 0.0632. The zero-order valence-corrected chi connectivity index (χ0v) is 24.9. The van der Waals surface area contributed by atoms with Gasteiger partial charge in [0.25, 0.3) is 8.32 Å². The Balaban J connectivity index is 2.44. The summed E-state index contributed by atoms with van der Waals surface area (Å²) in [5.74, 6) is 1.46. The molecule has 182 valence electrons. The summed E-state index contributed by atoms with van der Waals surface area (Å²) in [6, 6.07) is 6.05. The molecule has 2 atom stereocenters. The molecular formula is C26H46O4Si2. The van der Waals surface area contributed by atoms with E-state index in [1.54, 1.807) is 0 Å². The van der Waals surface area contributed by atoms with E-state index in [1.807, 2.05) is 19.1 Å². The van der Waals surface area contributed by atoms with E-state index in [0.717, 1.165) is 17.1 Å². The van der Waals surface area contributed by atoms with Gasteiger partial charge in [0.05, 0.1) is 0 Å². The quantitative estimate of drug-likeness (QED) is 0.412. The van der Waals surface area contributed by atoms with Gasteiger partial charge in [0.1, 0.15) is 11.5 Å². The fourth-order valence-electron chi connectivity index (χ4n) is 3.41. The van der Waals surface area contributed by atoms with Crippen LogP contribution in [0, 0.1) is 5.41 Å². The van der Waals surface area contributed by atoms with Crippen molar-refractivity contribution in [1.29, 1.82) is 0 Å². The summed E-state index contributed by atoms with van der Waals surface area (Å²) in [4.78, 5) is 13.6. The third-order valence-corrected chi connectivity index (χ3v) is 17.5. The first-order valence-electron chi connectivity index (χ1n) is 11.8. The Morgan fingerprint density at radius 2 is 1.44 bits per heavy atom. The van der Waals surface area contributed by atoms with Crippen molar-refractivity contribution in [3.8, 4) is 11.5 Å². The molecule has 0 saturated carbocycles. The van der Waals surface area contributed by atoms with E-state index in [9.17, 15) is 4.79 Å². The minimum Gasteiger partial charge on any atom is -0.543 e. The van der Waals surface area contributed by atoms with Gasteiger partial charge in [-0.15, -0.1) is 0 Å². The van der Waals surface area contributed by atoms with Crippen molar-refractivity contribution in [2.75, 3.05) is 0 Å². The van der Waals surface area contributed by atoms with Gasteiger partial charge in [-0.25, -0.2) is 4.79 Å². The van der Waals surface area contributed by atoms with Gasteiger partial charge in [0, 0.05) is 11.0 Å². The van der Waals surface area contributed by atoms with Gasteiger partial charge >= 0.3 is 5.97 Å². The number of benzene rings is 1. The van der Waals surface area contributed by atoms with Crippen molar-refractivity contribution in [3.05, 3.63) is 23.8 Å². The Kier molecular flexibility index (Phi) is 6.66. The summed E-state index contributed by atoms with van der Waals surface area (Å²) in [5.41, 5.74) is -0.449. The molecule has 0 spiro atoms. The predicted molar refractivity (Wildman–Crippen MR) is 139 cm³/mol. The average Bonchev–Trinajstić information content (AvgIpc) is 2.58. The molecule has 1 aliphatic heterocycles. The average molecular weight is 479 g/mol. The maximum absolute atomic E-state index is 13.6. The lowest BCUT2D eigenvalue weighted by atomic mass is 9.63. The fraction of sp³-hybridized carbons (Fsp3) is 0.731. The number of rotatable bonds is 4. The standard InChI is InChI=1S/C26H46O4Si2/c1-18-20-17-19(29-31(11,12)23(2,3)4)15-16-21(20)28-26(10,25(18,8)9)22(27)30-32(13,14)24(5,6)7/h15-18H,1-14H3. The zero-order chi connectivity index (χ0) is 25.1. The molecule has 0 N–H and O–H groups in total. The molecule has 6 heteroatoms. The fourth-order valence-corrected chi connectivity index (χ4v) is 5.40. The van der Waals surface area contributed by atoms with Crippen LogP contribution >= 0.6 is 0 Å². The lowest BCUT2D eigenvalue weighted by Crippen LogP contribution is -2.61. The number of fused-ring (bicyclic) bond motifs is 1. The highest BCUT2D eigenvalue weighted by atomic mass is 28.4. The minimum atomic E-state index is -2.27. The van der Waals surface area contributed by atoms with Gasteiger partial charge in [0.15, 0.2) is 0 Å². The van der Waals surface area contributed by atoms with Crippen LogP contribution in [0.15, 0.2) is 18.2 Å². The summed E-state index contributed by atoms with van der Waals surface area (Å²) in [6.45, 7) is 30.1. The third kappa shape index (κ3) is 4.54. The van der Waals surface area contributed by atoms with Crippen LogP contribution in [0.25, 0.3) is 0 Å². The molecule has 0 bridgehead atoms. The number of carbonyl (C=O) groups excluding carboxylic acids is 1. The molecule has 2 unspecified atom stereocenters. The first-order valence-corrected chi connectivity index (χ1v) is 17.6. The van der Waals surface area contributed by atoms with Gasteiger partial charge < -0.3 is 13.6 Å². The number of ether oxygens (including phenoxy) is 1. The van der Waals surface area contributed by atoms with E-state index in [1.165, 1.54) is 0 Å². The van der Waals surface area contributed by atoms with Crippen LogP contribution in [0.4, 0.5) is 0 Å². The largest absolute Gasteiger partial charge is 0.543 e. The van der Waals surface area contributed by atoms with Crippen LogP contribution in [-0.2, 0) is 9.22 Å². The van der Waals surface area contributed by atoms with E-state index < -0.39 is 27.7 Å². The topological polar surface area (TPSA) is 44.8 Å². The lowest BCUT2D eigenvalue weighted by molar-refractivity contribution is -0.167. The predicted octanol–water partition coefficient (Wildman–Crippen LogP) is 7.90. The molecule has 0 saturated heterocycles. The molecule has 2 rings (SSSR count). The molecule has 0 radical (unpaired) electrons. The Hall–Kier alpha value is -1.28. The highest BCUT2D eigenvalue weighted by Gasteiger charge is 2.59. The lowest BCUT2D eigenvalue weighted by Gasteiger charge is -2.51. The van der Waals surface area contributed by atoms with E-state index in [-0.39, 0.29) is 22.0 Å². The van der Waals surface area contributed by atoms with E-state index in [0.29, 0.717) is 0 Å². The molecule has 0 aliphatic carbocycles. The Morgan fingerprint density at radius 3 is 1.91 bits per heavy atom. The van der Waals surface area contributed by atoms with Crippen LogP contribution in [0.1, 0.15) is 80.7 Å².